The van der Waals surface area contributed by atoms with E-state index in [4.69, 9.17) is 17.2 Å². The molecule has 1 atom stereocenters. The first-order valence-electron chi connectivity index (χ1n) is 3.45. The molecule has 0 aromatic carbocycles. The van der Waals surface area contributed by atoms with Crippen molar-refractivity contribution in [2.45, 2.75) is 13.1 Å². The van der Waals surface area contributed by atoms with E-state index in [0.29, 0.717) is 6.54 Å². The summed E-state index contributed by atoms with van der Waals surface area (Å²) >= 11 is 0. The molecule has 0 rings (SSSR count). The van der Waals surface area contributed by atoms with Crippen molar-refractivity contribution >= 4 is 11.9 Å². The number of hydrogen-bond acceptors (Lipinski definition) is 4. The minimum Gasteiger partial charge on any atom is -0.370 e. The first-order chi connectivity index (χ1) is 5.57. The molecule has 0 aliphatic rings. The molecule has 0 aromatic rings. The molecule has 70 valence electrons. The van der Waals surface area contributed by atoms with E-state index in [2.05, 4.69) is 15.8 Å². The highest BCUT2D eigenvalue weighted by Crippen LogP contribution is 1.78. The summed E-state index contributed by atoms with van der Waals surface area (Å²) in [6.45, 7) is 2.42. The van der Waals surface area contributed by atoms with Crippen LogP contribution in [0.25, 0.3) is 0 Å². The molecule has 8 N–H and O–H groups in total. The van der Waals surface area contributed by atoms with Crippen molar-refractivity contribution in [3.63, 3.8) is 0 Å². The van der Waals surface area contributed by atoms with Gasteiger partial charge in [-0.05, 0) is 0 Å². The van der Waals surface area contributed by atoms with Gasteiger partial charge in [0.15, 0.2) is 12.1 Å². The number of carbonyl (C=O) groups excluding carboxylic acids is 1. The summed E-state index contributed by atoms with van der Waals surface area (Å²) in [6.07, 6.45) is -1.06. The Morgan fingerprint density at radius 3 is 2.58 bits per heavy atom. The normalized spacial score (nSPS) is 11.8. The highest BCUT2D eigenvalue weighted by atomic mass is 16.2. The van der Waals surface area contributed by atoms with Crippen LogP contribution in [-0.2, 0) is 4.79 Å². The Bertz CT molecular complexity index is 175. The van der Waals surface area contributed by atoms with E-state index in [1.165, 1.54) is 0 Å². The van der Waals surface area contributed by atoms with Crippen molar-refractivity contribution in [1.82, 2.24) is 10.9 Å². The van der Waals surface area contributed by atoms with Crippen molar-refractivity contribution in [3.8, 4) is 0 Å². The molecule has 0 saturated carbocycles. The monoisotopic (exact) mass is 174 g/mol. The summed E-state index contributed by atoms with van der Waals surface area (Å²) in [5.74, 6) is -0.695. The largest absolute Gasteiger partial charge is 0.370 e. The summed E-state index contributed by atoms with van der Waals surface area (Å²) in [4.78, 5) is 14.3. The first kappa shape index (κ1) is 10.7. The first-order valence-corrected chi connectivity index (χ1v) is 3.45. The highest BCUT2D eigenvalue weighted by Gasteiger charge is 2.10. The lowest BCUT2D eigenvalue weighted by atomic mass is 10.5. The zero-order valence-electron chi connectivity index (χ0n) is 6.87. The molecule has 0 heterocycles. The van der Waals surface area contributed by atoms with Gasteiger partial charge in [-0.3, -0.25) is 10.2 Å². The van der Waals surface area contributed by atoms with Gasteiger partial charge in [-0.15, -0.1) is 0 Å². The predicted molar refractivity (Wildman–Crippen MR) is 45.6 cm³/mol. The van der Waals surface area contributed by atoms with Gasteiger partial charge in [-0.25, -0.2) is 10.4 Å². The Morgan fingerprint density at radius 1 is 1.58 bits per heavy atom. The minimum atomic E-state index is -1.06. The Morgan fingerprint density at radius 2 is 2.17 bits per heavy atom. The molecule has 0 radical (unpaired) electrons. The third kappa shape index (κ3) is 4.47. The molecule has 0 aliphatic carbocycles. The van der Waals surface area contributed by atoms with Crippen molar-refractivity contribution in [3.05, 3.63) is 0 Å². The molecule has 0 bridgehead atoms. The summed E-state index contributed by atoms with van der Waals surface area (Å²) in [5, 5.41) is 0. The summed E-state index contributed by atoms with van der Waals surface area (Å²) in [6, 6.07) is 0. The number of nitrogens with one attached hydrogen (secondary N) is 2. The average molecular weight is 174 g/mol. The predicted octanol–water partition coefficient (Wildman–Crippen LogP) is -2.81. The van der Waals surface area contributed by atoms with Crippen LogP contribution in [0, 0.1) is 0 Å². The second kappa shape index (κ2) is 5.33. The highest BCUT2D eigenvalue weighted by molar-refractivity contribution is 5.85. The number of amides is 1. The molecule has 0 aliphatic heterocycles. The van der Waals surface area contributed by atoms with E-state index in [1.54, 1.807) is 0 Å². The van der Waals surface area contributed by atoms with Gasteiger partial charge in [0.05, 0.1) is 0 Å². The van der Waals surface area contributed by atoms with Gasteiger partial charge in [0.25, 0.3) is 5.91 Å². The summed E-state index contributed by atoms with van der Waals surface area (Å²) in [5.41, 5.74) is 20.2. The number of guanidine groups is 1. The Kier molecular flexibility index (Phi) is 4.73. The van der Waals surface area contributed by atoms with Crippen LogP contribution in [0.15, 0.2) is 4.99 Å². The molecule has 1 amide bonds. The van der Waals surface area contributed by atoms with Gasteiger partial charge in [-0.1, -0.05) is 6.92 Å². The maximum Gasteiger partial charge on any atom is 0.273 e. The van der Waals surface area contributed by atoms with Crippen LogP contribution in [-0.4, -0.2) is 24.6 Å². The summed E-state index contributed by atoms with van der Waals surface area (Å²) in [7, 11) is 0. The van der Waals surface area contributed by atoms with Crippen LogP contribution in [0.1, 0.15) is 6.92 Å². The van der Waals surface area contributed by atoms with Crippen LogP contribution in [0.4, 0.5) is 0 Å². The summed E-state index contributed by atoms with van der Waals surface area (Å²) < 4.78 is 0. The van der Waals surface area contributed by atoms with Crippen LogP contribution in [0.3, 0.4) is 0 Å². The quantitative estimate of drug-likeness (QED) is 0.178. The molecular formula is C5H14N6O. The smallest absolute Gasteiger partial charge is 0.273 e. The molecular weight excluding hydrogens is 160 g/mol. The van der Waals surface area contributed by atoms with Crippen LogP contribution in [0.2, 0.25) is 0 Å². The number of nitrogens with zero attached hydrogens (tertiary/aromatic N) is 1. The molecule has 7 nitrogen and oxygen atoms in total. The Hall–Kier alpha value is -1.34. The molecule has 0 fully saturated rings. The van der Waals surface area contributed by atoms with Gasteiger partial charge in [0, 0.05) is 6.54 Å². The van der Waals surface area contributed by atoms with Crippen LogP contribution >= 0.6 is 0 Å². The molecule has 0 aromatic heterocycles. The maximum atomic E-state index is 10.9. The molecule has 12 heavy (non-hydrogen) atoms. The van der Waals surface area contributed by atoms with Crippen molar-refractivity contribution in [1.29, 1.82) is 0 Å². The van der Waals surface area contributed by atoms with Crippen molar-refractivity contribution in [2.24, 2.45) is 22.2 Å². The van der Waals surface area contributed by atoms with E-state index in [9.17, 15) is 4.79 Å². The van der Waals surface area contributed by atoms with Gasteiger partial charge in [-0.2, -0.15) is 0 Å². The number of nitrogens with two attached hydrogens (primary N) is 3. The van der Waals surface area contributed by atoms with Gasteiger partial charge >= 0.3 is 0 Å². The van der Waals surface area contributed by atoms with Crippen molar-refractivity contribution < 1.29 is 4.79 Å². The number of hydrogen-bond donors (Lipinski definition) is 5. The molecule has 7 heteroatoms. The van der Waals surface area contributed by atoms with Crippen LogP contribution < -0.4 is 28.1 Å². The zero-order valence-corrected chi connectivity index (χ0v) is 6.87. The van der Waals surface area contributed by atoms with Crippen LogP contribution in [0.5, 0.6) is 0 Å². The minimum absolute atomic E-state index is 0.214. The standard InChI is InChI=1S/C5H14N6O/c1-2-9-11-4(12)3(6)10-5(7)8/h3,9H,2,6H2,1H3,(H,11,12)(H4,7,8,10). The second-order valence-corrected chi connectivity index (χ2v) is 2.02. The molecule has 1 unspecified atom stereocenters. The van der Waals surface area contributed by atoms with Crippen molar-refractivity contribution in [2.75, 3.05) is 6.54 Å². The number of hydrazine groups is 1. The lowest BCUT2D eigenvalue weighted by molar-refractivity contribution is -0.123. The van der Waals surface area contributed by atoms with E-state index in [1.807, 2.05) is 6.92 Å². The zero-order chi connectivity index (χ0) is 9.56. The lowest BCUT2D eigenvalue weighted by Crippen LogP contribution is -2.47. The third-order valence-electron chi connectivity index (χ3n) is 0.945. The second-order valence-electron chi connectivity index (χ2n) is 2.02. The number of rotatable bonds is 4. The van der Waals surface area contributed by atoms with Gasteiger partial charge < -0.3 is 17.2 Å². The SMILES string of the molecule is CCNNC(=O)C(N)N=C(N)N. The fourth-order valence-electron chi connectivity index (χ4n) is 0.469. The third-order valence-corrected chi connectivity index (χ3v) is 0.945. The number of aliphatic imine (C=N–C) groups is 1. The van der Waals surface area contributed by atoms with E-state index < -0.39 is 12.1 Å². The maximum absolute atomic E-state index is 10.9. The Labute approximate surface area is 70.3 Å². The molecule has 0 spiro atoms. The fraction of sp³-hybridized carbons (Fsp3) is 0.600. The van der Waals surface area contributed by atoms with Gasteiger partial charge in [0.2, 0.25) is 0 Å². The molecule has 0 saturated heterocycles. The van der Waals surface area contributed by atoms with E-state index in [0.717, 1.165) is 0 Å². The number of carbonyl (C=O) groups is 1. The Balaban J connectivity index is 3.85. The fourth-order valence-corrected chi connectivity index (χ4v) is 0.469. The van der Waals surface area contributed by atoms with Gasteiger partial charge in [0.1, 0.15) is 0 Å². The van der Waals surface area contributed by atoms with E-state index >= 15 is 0 Å². The lowest BCUT2D eigenvalue weighted by Gasteiger charge is -2.07. The average Bonchev–Trinajstić information content (AvgIpc) is 1.98. The topological polar surface area (TPSA) is 132 Å². The van der Waals surface area contributed by atoms with E-state index in [-0.39, 0.29) is 5.96 Å².